The van der Waals surface area contributed by atoms with Gasteiger partial charge in [0.05, 0.1) is 0 Å². The Morgan fingerprint density at radius 1 is 1.33 bits per heavy atom. The van der Waals surface area contributed by atoms with E-state index in [9.17, 15) is 0 Å². The number of nitrogens with one attached hydrogen (secondary N) is 1. The molecule has 1 aromatic heterocycles. The Morgan fingerprint density at radius 2 is 2.07 bits per heavy atom. The number of aromatic nitrogens is 1. The smallest absolute Gasteiger partial charge is 0.0457 e. The van der Waals surface area contributed by atoms with Crippen LogP contribution in [0.1, 0.15) is 31.9 Å². The summed E-state index contributed by atoms with van der Waals surface area (Å²) in [6, 6.07) is 8.44. The van der Waals surface area contributed by atoms with Crippen LogP contribution in [0.25, 0.3) is 10.9 Å². The maximum atomic E-state index is 6.24. The monoisotopic (exact) mass is 202 g/mol. The van der Waals surface area contributed by atoms with Crippen molar-refractivity contribution >= 4 is 10.9 Å². The van der Waals surface area contributed by atoms with E-state index in [-0.39, 0.29) is 6.04 Å². The minimum Gasteiger partial charge on any atom is -0.361 e. The fourth-order valence-electron chi connectivity index (χ4n) is 1.93. The predicted octanol–water partition coefficient (Wildman–Crippen LogP) is 3.21. The molecule has 0 aliphatic rings. The summed E-state index contributed by atoms with van der Waals surface area (Å²) in [5, 5.41) is 1.25. The van der Waals surface area contributed by atoms with Crippen molar-refractivity contribution in [3.8, 4) is 0 Å². The molecule has 1 aromatic carbocycles. The molecule has 0 aliphatic carbocycles. The zero-order valence-corrected chi connectivity index (χ0v) is 9.33. The van der Waals surface area contributed by atoms with E-state index < -0.39 is 0 Å². The van der Waals surface area contributed by atoms with E-state index in [1.54, 1.807) is 0 Å². The third-order valence-electron chi connectivity index (χ3n) is 3.24. The molecule has 1 heterocycles. The summed E-state index contributed by atoms with van der Waals surface area (Å²) in [7, 11) is 0. The molecular formula is C13H18N2. The van der Waals surface area contributed by atoms with Crippen LogP contribution in [0.4, 0.5) is 0 Å². The lowest BCUT2D eigenvalue weighted by atomic mass is 9.93. The van der Waals surface area contributed by atoms with Crippen molar-refractivity contribution in [3.05, 3.63) is 36.0 Å². The van der Waals surface area contributed by atoms with E-state index in [0.717, 1.165) is 6.42 Å². The summed E-state index contributed by atoms with van der Waals surface area (Å²) < 4.78 is 0. The molecule has 0 fully saturated rings. The van der Waals surface area contributed by atoms with E-state index >= 15 is 0 Å². The molecule has 0 aliphatic heterocycles. The first kappa shape index (κ1) is 10.2. The number of rotatable bonds is 3. The van der Waals surface area contributed by atoms with Gasteiger partial charge in [-0.25, -0.2) is 0 Å². The summed E-state index contributed by atoms with van der Waals surface area (Å²) in [5.74, 6) is 0.518. The van der Waals surface area contributed by atoms with Crippen LogP contribution in [0.2, 0.25) is 0 Å². The molecule has 2 nitrogen and oxygen atoms in total. The van der Waals surface area contributed by atoms with Gasteiger partial charge in [0.25, 0.3) is 0 Å². The fraction of sp³-hybridized carbons (Fsp3) is 0.385. The predicted molar refractivity (Wildman–Crippen MR) is 64.7 cm³/mol. The Balaban J connectivity index is 2.43. The lowest BCUT2D eigenvalue weighted by Crippen LogP contribution is -2.18. The molecule has 0 radical (unpaired) electrons. The largest absolute Gasteiger partial charge is 0.361 e. The van der Waals surface area contributed by atoms with E-state index in [0.29, 0.717) is 5.92 Å². The molecule has 1 unspecified atom stereocenters. The molecular weight excluding hydrogens is 184 g/mol. The standard InChI is InChI=1S/C13H18N2/c1-3-9(2)13(14)11-8-15-12-7-5-4-6-10(11)12/h4-9,13,15H,3,14H2,1-2H3/t9?,13-/m0/s1. The Hall–Kier alpha value is -1.28. The number of H-pyrrole nitrogens is 1. The van der Waals surface area contributed by atoms with E-state index in [4.69, 9.17) is 5.73 Å². The van der Waals surface area contributed by atoms with Gasteiger partial charge in [-0.1, -0.05) is 38.5 Å². The lowest BCUT2D eigenvalue weighted by molar-refractivity contribution is 0.459. The van der Waals surface area contributed by atoms with Crippen LogP contribution in [-0.2, 0) is 0 Å². The first-order valence-electron chi connectivity index (χ1n) is 5.55. The first-order chi connectivity index (χ1) is 7.24. The van der Waals surface area contributed by atoms with Crippen molar-refractivity contribution in [2.75, 3.05) is 0 Å². The van der Waals surface area contributed by atoms with Crippen LogP contribution in [0, 0.1) is 5.92 Å². The molecule has 2 aromatic rings. The summed E-state index contributed by atoms with van der Waals surface area (Å²) in [4.78, 5) is 3.27. The Morgan fingerprint density at radius 3 is 2.80 bits per heavy atom. The minimum atomic E-state index is 0.131. The van der Waals surface area contributed by atoms with Gasteiger partial charge in [0.1, 0.15) is 0 Å². The number of hydrogen-bond donors (Lipinski definition) is 2. The SMILES string of the molecule is CCC(C)[C@H](N)c1c[nH]c2ccccc12. The molecule has 2 heteroatoms. The topological polar surface area (TPSA) is 41.8 Å². The summed E-state index contributed by atoms with van der Waals surface area (Å²) in [6.45, 7) is 4.38. The molecule has 2 rings (SSSR count). The third kappa shape index (κ3) is 1.77. The van der Waals surface area contributed by atoms with Gasteiger partial charge >= 0.3 is 0 Å². The quantitative estimate of drug-likeness (QED) is 0.788. The van der Waals surface area contributed by atoms with E-state index in [2.05, 4.69) is 37.0 Å². The second-order valence-corrected chi connectivity index (χ2v) is 4.20. The Bertz CT molecular complexity index is 444. The summed E-state index contributed by atoms with van der Waals surface area (Å²) >= 11 is 0. The Kier molecular flexibility index (Phi) is 2.78. The van der Waals surface area contributed by atoms with Crippen LogP contribution in [0.15, 0.2) is 30.5 Å². The van der Waals surface area contributed by atoms with Gasteiger partial charge in [-0.3, -0.25) is 0 Å². The normalized spacial score (nSPS) is 15.4. The average molecular weight is 202 g/mol. The van der Waals surface area contributed by atoms with E-state index in [1.807, 2.05) is 12.3 Å². The number of hydrogen-bond acceptors (Lipinski definition) is 1. The molecule has 3 N–H and O–H groups in total. The zero-order valence-electron chi connectivity index (χ0n) is 9.33. The molecule has 80 valence electrons. The number of aromatic amines is 1. The summed E-state index contributed by atoms with van der Waals surface area (Å²) in [5.41, 5.74) is 8.65. The number of benzene rings is 1. The number of nitrogens with two attached hydrogens (primary N) is 1. The van der Waals surface area contributed by atoms with Crippen LogP contribution < -0.4 is 5.73 Å². The molecule has 0 bridgehead atoms. The molecule has 2 atom stereocenters. The molecule has 0 spiro atoms. The number of para-hydroxylation sites is 1. The van der Waals surface area contributed by atoms with Crippen molar-refractivity contribution in [2.24, 2.45) is 11.7 Å². The van der Waals surface area contributed by atoms with E-state index in [1.165, 1.54) is 16.5 Å². The number of fused-ring (bicyclic) bond motifs is 1. The van der Waals surface area contributed by atoms with Gasteiger partial charge < -0.3 is 10.7 Å². The highest BCUT2D eigenvalue weighted by molar-refractivity contribution is 5.83. The van der Waals surface area contributed by atoms with Crippen LogP contribution in [0.5, 0.6) is 0 Å². The van der Waals surface area contributed by atoms with Gasteiger partial charge in [-0.15, -0.1) is 0 Å². The van der Waals surface area contributed by atoms with Crippen LogP contribution >= 0.6 is 0 Å². The highest BCUT2D eigenvalue weighted by Gasteiger charge is 2.16. The van der Waals surface area contributed by atoms with Crippen molar-refractivity contribution < 1.29 is 0 Å². The summed E-state index contributed by atoms with van der Waals surface area (Å²) in [6.07, 6.45) is 3.15. The van der Waals surface area contributed by atoms with Crippen molar-refractivity contribution in [3.63, 3.8) is 0 Å². The van der Waals surface area contributed by atoms with Gasteiger partial charge in [-0.05, 0) is 17.5 Å². The highest BCUT2D eigenvalue weighted by Crippen LogP contribution is 2.28. The van der Waals surface area contributed by atoms with Gasteiger partial charge in [0.2, 0.25) is 0 Å². The highest BCUT2D eigenvalue weighted by atomic mass is 14.7. The maximum absolute atomic E-state index is 6.24. The molecule has 0 saturated carbocycles. The van der Waals surface area contributed by atoms with Crippen molar-refractivity contribution in [1.82, 2.24) is 4.98 Å². The molecule has 0 saturated heterocycles. The second kappa shape index (κ2) is 4.07. The minimum absolute atomic E-state index is 0.131. The van der Waals surface area contributed by atoms with Crippen LogP contribution in [-0.4, -0.2) is 4.98 Å². The first-order valence-corrected chi connectivity index (χ1v) is 5.55. The van der Waals surface area contributed by atoms with Gasteiger partial charge in [-0.2, -0.15) is 0 Å². The fourth-order valence-corrected chi connectivity index (χ4v) is 1.93. The molecule has 0 amide bonds. The van der Waals surface area contributed by atoms with Crippen LogP contribution in [0.3, 0.4) is 0 Å². The third-order valence-corrected chi connectivity index (χ3v) is 3.24. The van der Waals surface area contributed by atoms with Gasteiger partial charge in [0.15, 0.2) is 0 Å². The zero-order chi connectivity index (χ0) is 10.8. The van der Waals surface area contributed by atoms with Crippen molar-refractivity contribution in [2.45, 2.75) is 26.3 Å². The second-order valence-electron chi connectivity index (χ2n) is 4.20. The maximum Gasteiger partial charge on any atom is 0.0457 e. The van der Waals surface area contributed by atoms with Crippen molar-refractivity contribution in [1.29, 1.82) is 0 Å². The average Bonchev–Trinajstić information content (AvgIpc) is 2.70. The lowest BCUT2D eigenvalue weighted by Gasteiger charge is -2.17. The van der Waals surface area contributed by atoms with Gasteiger partial charge in [0, 0.05) is 23.1 Å². The Labute approximate surface area is 90.5 Å². The molecule has 15 heavy (non-hydrogen) atoms.